The van der Waals surface area contributed by atoms with E-state index in [1.807, 2.05) is 18.2 Å². The standard InChI is InChI=1S/C15H12ClN3/c1-2-8-15(10-18,11-19)14(7-9-17)12-3-5-13(16)6-4-12/h2-6,14H,1,7-8H2. The topological polar surface area (TPSA) is 71.4 Å². The minimum absolute atomic E-state index is 0.0938. The fraction of sp³-hybridized carbons (Fsp3) is 0.267. The number of nitrogens with zero attached hydrogens (tertiary/aromatic N) is 3. The van der Waals surface area contributed by atoms with Crippen molar-refractivity contribution in [2.75, 3.05) is 0 Å². The van der Waals surface area contributed by atoms with Crippen molar-refractivity contribution in [3.63, 3.8) is 0 Å². The van der Waals surface area contributed by atoms with Crippen LogP contribution < -0.4 is 0 Å². The monoisotopic (exact) mass is 269 g/mol. The molecule has 0 aliphatic rings. The lowest BCUT2D eigenvalue weighted by atomic mass is 9.70. The molecule has 0 bridgehead atoms. The predicted octanol–water partition coefficient (Wildman–Crippen LogP) is 3.95. The lowest BCUT2D eigenvalue weighted by molar-refractivity contribution is 0.418. The summed E-state index contributed by atoms with van der Waals surface area (Å²) in [6.45, 7) is 3.59. The highest BCUT2D eigenvalue weighted by atomic mass is 35.5. The molecule has 1 rings (SSSR count). The normalized spacial score (nSPS) is 11.7. The van der Waals surface area contributed by atoms with Gasteiger partial charge in [-0.3, -0.25) is 0 Å². The Hall–Kier alpha value is -2.28. The summed E-state index contributed by atoms with van der Waals surface area (Å²) in [4.78, 5) is 0. The smallest absolute Gasteiger partial charge is 0.155 e. The van der Waals surface area contributed by atoms with Gasteiger partial charge in [-0.2, -0.15) is 15.8 Å². The molecule has 4 heteroatoms. The van der Waals surface area contributed by atoms with Crippen LogP contribution in [0, 0.1) is 39.4 Å². The van der Waals surface area contributed by atoms with Crippen LogP contribution in [0.1, 0.15) is 24.3 Å². The lowest BCUT2D eigenvalue weighted by Gasteiger charge is -2.26. The number of nitriles is 3. The maximum atomic E-state index is 9.36. The Kier molecular flexibility index (Phi) is 5.13. The number of hydrogen-bond donors (Lipinski definition) is 0. The minimum Gasteiger partial charge on any atom is -0.198 e. The van der Waals surface area contributed by atoms with Crippen molar-refractivity contribution in [2.24, 2.45) is 5.41 Å². The molecule has 0 saturated carbocycles. The largest absolute Gasteiger partial charge is 0.198 e. The average Bonchev–Trinajstić information content (AvgIpc) is 2.44. The van der Waals surface area contributed by atoms with Crippen LogP contribution in [-0.2, 0) is 0 Å². The summed E-state index contributed by atoms with van der Waals surface area (Å²) in [6.07, 6.45) is 1.85. The zero-order valence-corrected chi connectivity index (χ0v) is 11.1. The highest BCUT2D eigenvalue weighted by molar-refractivity contribution is 6.30. The fourth-order valence-electron chi connectivity index (χ4n) is 2.01. The molecule has 0 aliphatic carbocycles. The van der Waals surface area contributed by atoms with Crippen LogP contribution >= 0.6 is 11.6 Å². The van der Waals surface area contributed by atoms with Gasteiger partial charge in [0.1, 0.15) is 0 Å². The summed E-state index contributed by atoms with van der Waals surface area (Å²) in [5.74, 6) is -0.484. The highest BCUT2D eigenvalue weighted by Crippen LogP contribution is 2.41. The van der Waals surface area contributed by atoms with E-state index in [-0.39, 0.29) is 12.8 Å². The number of allylic oxidation sites excluding steroid dienone is 1. The van der Waals surface area contributed by atoms with Crippen molar-refractivity contribution in [3.05, 3.63) is 47.5 Å². The van der Waals surface area contributed by atoms with Gasteiger partial charge in [-0.25, -0.2) is 0 Å². The first-order chi connectivity index (χ1) is 9.13. The molecule has 0 radical (unpaired) electrons. The zero-order chi connectivity index (χ0) is 14.3. The summed E-state index contributed by atoms with van der Waals surface area (Å²) in [5.41, 5.74) is -0.512. The second kappa shape index (κ2) is 6.60. The van der Waals surface area contributed by atoms with Crippen LogP contribution in [0.2, 0.25) is 5.02 Å². The minimum atomic E-state index is -1.27. The molecule has 0 aromatic heterocycles. The number of benzene rings is 1. The van der Waals surface area contributed by atoms with E-state index in [0.29, 0.717) is 5.02 Å². The molecule has 0 N–H and O–H groups in total. The quantitative estimate of drug-likeness (QED) is 0.760. The second-order valence-corrected chi connectivity index (χ2v) is 4.59. The van der Waals surface area contributed by atoms with E-state index in [4.69, 9.17) is 16.9 Å². The van der Waals surface area contributed by atoms with Gasteiger partial charge >= 0.3 is 0 Å². The Morgan fingerprint density at radius 1 is 1.21 bits per heavy atom. The van der Waals surface area contributed by atoms with Crippen molar-refractivity contribution in [1.29, 1.82) is 15.8 Å². The highest BCUT2D eigenvalue weighted by Gasteiger charge is 2.39. The van der Waals surface area contributed by atoms with Gasteiger partial charge in [0, 0.05) is 17.4 Å². The van der Waals surface area contributed by atoms with E-state index in [1.54, 1.807) is 24.3 Å². The average molecular weight is 270 g/mol. The third-order valence-corrected chi connectivity index (χ3v) is 3.28. The Bertz CT molecular complexity index is 555. The molecule has 1 atom stereocenters. The van der Waals surface area contributed by atoms with Gasteiger partial charge in [-0.1, -0.05) is 29.8 Å². The van der Waals surface area contributed by atoms with Crippen molar-refractivity contribution < 1.29 is 0 Å². The summed E-state index contributed by atoms with van der Waals surface area (Å²) < 4.78 is 0. The van der Waals surface area contributed by atoms with Gasteiger partial charge in [0.25, 0.3) is 0 Å². The molecule has 0 aliphatic heterocycles. The van der Waals surface area contributed by atoms with E-state index in [0.717, 1.165) is 5.56 Å². The SMILES string of the molecule is C=CCC(C#N)(C#N)C(CC#N)c1ccc(Cl)cc1. The van der Waals surface area contributed by atoms with Gasteiger partial charge in [0.2, 0.25) is 0 Å². The number of rotatable bonds is 5. The molecule has 0 heterocycles. The van der Waals surface area contributed by atoms with E-state index in [2.05, 4.69) is 6.58 Å². The molecular weight excluding hydrogens is 258 g/mol. The van der Waals surface area contributed by atoms with Crippen LogP contribution in [0.5, 0.6) is 0 Å². The van der Waals surface area contributed by atoms with Gasteiger partial charge in [0.05, 0.1) is 18.2 Å². The molecular formula is C15H12ClN3. The van der Waals surface area contributed by atoms with Gasteiger partial charge < -0.3 is 0 Å². The Balaban J connectivity index is 3.31. The number of hydrogen-bond acceptors (Lipinski definition) is 3. The first-order valence-electron chi connectivity index (χ1n) is 5.69. The molecule has 0 spiro atoms. The van der Waals surface area contributed by atoms with Gasteiger partial charge in [-0.05, 0) is 24.1 Å². The summed E-state index contributed by atoms with van der Waals surface area (Å²) in [6, 6.07) is 13.0. The van der Waals surface area contributed by atoms with Crippen molar-refractivity contribution in [2.45, 2.75) is 18.8 Å². The van der Waals surface area contributed by atoms with Crippen molar-refractivity contribution in [1.82, 2.24) is 0 Å². The molecule has 1 aromatic rings. The van der Waals surface area contributed by atoms with Crippen molar-refractivity contribution in [3.8, 4) is 18.2 Å². The second-order valence-electron chi connectivity index (χ2n) is 4.15. The molecule has 0 amide bonds. The van der Waals surface area contributed by atoms with Gasteiger partial charge in [-0.15, -0.1) is 6.58 Å². The van der Waals surface area contributed by atoms with Crippen LogP contribution in [0.15, 0.2) is 36.9 Å². The van der Waals surface area contributed by atoms with E-state index >= 15 is 0 Å². The van der Waals surface area contributed by atoms with Crippen LogP contribution in [-0.4, -0.2) is 0 Å². The third kappa shape index (κ3) is 3.14. The van der Waals surface area contributed by atoms with Crippen LogP contribution in [0.4, 0.5) is 0 Å². The first-order valence-corrected chi connectivity index (χ1v) is 6.07. The van der Waals surface area contributed by atoms with Crippen LogP contribution in [0.25, 0.3) is 0 Å². The molecule has 1 aromatic carbocycles. The zero-order valence-electron chi connectivity index (χ0n) is 10.3. The fourth-order valence-corrected chi connectivity index (χ4v) is 2.13. The summed E-state index contributed by atoms with van der Waals surface area (Å²) in [5, 5.41) is 28.3. The van der Waals surface area contributed by atoms with Gasteiger partial charge in [0.15, 0.2) is 5.41 Å². The maximum absolute atomic E-state index is 9.36. The molecule has 94 valence electrons. The molecule has 1 unspecified atom stereocenters. The Morgan fingerprint density at radius 3 is 2.21 bits per heavy atom. The maximum Gasteiger partial charge on any atom is 0.155 e. The van der Waals surface area contributed by atoms with Crippen molar-refractivity contribution >= 4 is 11.6 Å². The third-order valence-electron chi connectivity index (χ3n) is 3.03. The molecule has 19 heavy (non-hydrogen) atoms. The molecule has 3 nitrogen and oxygen atoms in total. The summed E-state index contributed by atoms with van der Waals surface area (Å²) in [7, 11) is 0. The Morgan fingerprint density at radius 2 is 1.79 bits per heavy atom. The van der Waals surface area contributed by atoms with E-state index < -0.39 is 11.3 Å². The number of halogens is 1. The Labute approximate surface area is 118 Å². The van der Waals surface area contributed by atoms with E-state index in [9.17, 15) is 10.5 Å². The van der Waals surface area contributed by atoms with Crippen LogP contribution in [0.3, 0.4) is 0 Å². The lowest BCUT2D eigenvalue weighted by Crippen LogP contribution is -2.25. The molecule has 0 fully saturated rings. The van der Waals surface area contributed by atoms with E-state index in [1.165, 1.54) is 6.08 Å². The predicted molar refractivity (Wildman–Crippen MR) is 72.9 cm³/mol. The summed E-state index contributed by atoms with van der Waals surface area (Å²) >= 11 is 5.83. The molecule has 0 saturated heterocycles. The first kappa shape index (κ1) is 14.8.